The molecule has 0 radical (unpaired) electrons. The van der Waals surface area contributed by atoms with Gasteiger partial charge in [0.05, 0.1) is 5.56 Å². The zero-order chi connectivity index (χ0) is 20.9. The Kier molecular flexibility index (Phi) is 10.3. The molecule has 0 amide bonds. The summed E-state index contributed by atoms with van der Waals surface area (Å²) in [5.74, 6) is -0.376. The van der Waals surface area contributed by atoms with Crippen molar-refractivity contribution in [1.29, 1.82) is 0 Å². The molecule has 1 saturated carbocycles. The molecule has 28 heavy (non-hydrogen) atoms. The van der Waals surface area contributed by atoms with Crippen LogP contribution >= 0.6 is 0 Å². The van der Waals surface area contributed by atoms with Crippen molar-refractivity contribution in [3.05, 3.63) is 72.3 Å². The lowest BCUT2D eigenvalue weighted by Crippen LogP contribution is -2.17. The summed E-state index contributed by atoms with van der Waals surface area (Å²) in [6, 6.07) is 17.3. The first-order valence-corrected chi connectivity index (χ1v) is 9.80. The van der Waals surface area contributed by atoms with Gasteiger partial charge in [-0.25, -0.2) is 4.79 Å². The van der Waals surface area contributed by atoms with Crippen LogP contribution in [0.2, 0.25) is 0 Å². The van der Waals surface area contributed by atoms with Crippen LogP contribution in [0.25, 0.3) is 11.1 Å². The first-order valence-electron chi connectivity index (χ1n) is 9.80. The molecule has 4 heteroatoms. The van der Waals surface area contributed by atoms with Crippen molar-refractivity contribution in [3.63, 3.8) is 0 Å². The summed E-state index contributed by atoms with van der Waals surface area (Å²) in [6.45, 7) is 12.3. The molecule has 0 spiro atoms. The molecule has 0 unspecified atom stereocenters. The fraction of sp³-hybridized carbons (Fsp3) is 0.333. The number of hydrogen-bond acceptors (Lipinski definition) is 4. The maximum absolute atomic E-state index is 12.3. The Hall–Kier alpha value is -2.88. The van der Waals surface area contributed by atoms with Gasteiger partial charge in [0.1, 0.15) is 12.2 Å². The fourth-order valence-electron chi connectivity index (χ4n) is 2.87. The molecular formula is C24H30O4. The number of ether oxygens (including phenoxy) is 2. The van der Waals surface area contributed by atoms with E-state index in [2.05, 4.69) is 6.58 Å². The summed E-state index contributed by atoms with van der Waals surface area (Å²) in [7, 11) is 0. The lowest BCUT2D eigenvalue weighted by Gasteiger charge is -2.12. The van der Waals surface area contributed by atoms with Gasteiger partial charge in [0.15, 0.2) is 0 Å². The van der Waals surface area contributed by atoms with E-state index in [-0.39, 0.29) is 18.2 Å². The molecule has 0 bridgehead atoms. The first kappa shape index (κ1) is 23.2. The van der Waals surface area contributed by atoms with Crippen LogP contribution in [0.4, 0.5) is 0 Å². The first-order chi connectivity index (χ1) is 13.7. The van der Waals surface area contributed by atoms with Crippen molar-refractivity contribution >= 4 is 12.4 Å². The van der Waals surface area contributed by atoms with E-state index >= 15 is 0 Å². The number of carbonyl (C=O) groups excluding carboxylic acids is 2. The van der Waals surface area contributed by atoms with Gasteiger partial charge >= 0.3 is 5.97 Å². The van der Waals surface area contributed by atoms with Crippen molar-refractivity contribution in [3.8, 4) is 11.1 Å². The van der Waals surface area contributed by atoms with Gasteiger partial charge in [0.25, 0.3) is 6.47 Å². The molecule has 0 aliphatic heterocycles. The number of benzene rings is 2. The highest BCUT2D eigenvalue weighted by molar-refractivity contribution is 5.90. The average molecular weight is 383 g/mol. The van der Waals surface area contributed by atoms with Crippen LogP contribution in [0.1, 0.15) is 50.9 Å². The monoisotopic (exact) mass is 382 g/mol. The van der Waals surface area contributed by atoms with E-state index in [0.717, 1.165) is 16.7 Å². The molecule has 4 nitrogen and oxygen atoms in total. The molecule has 0 aromatic heterocycles. The van der Waals surface area contributed by atoms with Gasteiger partial charge in [0, 0.05) is 12.8 Å². The second-order valence-electron chi connectivity index (χ2n) is 5.79. The van der Waals surface area contributed by atoms with Gasteiger partial charge in [-0.2, -0.15) is 0 Å². The predicted molar refractivity (Wildman–Crippen MR) is 113 cm³/mol. The third-order valence-corrected chi connectivity index (χ3v) is 4.14. The molecule has 0 N–H and O–H groups in total. The van der Waals surface area contributed by atoms with Crippen LogP contribution in [-0.4, -0.2) is 24.6 Å². The summed E-state index contributed by atoms with van der Waals surface area (Å²) in [4.78, 5) is 22.7. The minimum absolute atomic E-state index is 0.302. The molecule has 0 heterocycles. The highest BCUT2D eigenvalue weighted by Gasteiger charge is 2.32. The zero-order valence-electron chi connectivity index (χ0n) is 17.2. The number of rotatable bonds is 5. The van der Waals surface area contributed by atoms with E-state index < -0.39 is 0 Å². The summed E-state index contributed by atoms with van der Waals surface area (Å²) in [6.07, 6.45) is 0.321. The maximum Gasteiger partial charge on any atom is 0.338 e. The minimum Gasteiger partial charge on any atom is -0.460 e. The third-order valence-electron chi connectivity index (χ3n) is 4.14. The van der Waals surface area contributed by atoms with E-state index in [1.54, 1.807) is 12.1 Å². The van der Waals surface area contributed by atoms with Gasteiger partial charge < -0.3 is 9.47 Å². The summed E-state index contributed by atoms with van der Waals surface area (Å²) >= 11 is 0. The quantitative estimate of drug-likeness (QED) is 0.371. The van der Waals surface area contributed by atoms with Crippen molar-refractivity contribution in [2.45, 2.75) is 52.7 Å². The van der Waals surface area contributed by atoms with Gasteiger partial charge in [-0.15, -0.1) is 0 Å². The van der Waals surface area contributed by atoms with Crippen LogP contribution in [-0.2, 0) is 14.3 Å². The molecule has 2 atom stereocenters. The summed E-state index contributed by atoms with van der Waals surface area (Å²) < 4.78 is 10.4. The standard InChI is InChI=1S/C20H18O4.2C2H6/c1-14-11-18(12-19(14)23-13-21)24-20(22)17-9-7-16(8-10-17)15-5-3-2-4-6-15;2*1-2/h2-10,13,18-19H,1,11-12H2;2*1-2H3/t18-,19-;;/m1../s1. The number of carbonyl (C=O) groups is 2. The Morgan fingerprint density at radius 2 is 1.54 bits per heavy atom. The molecule has 1 aliphatic rings. The van der Waals surface area contributed by atoms with E-state index in [1.165, 1.54) is 0 Å². The highest BCUT2D eigenvalue weighted by Crippen LogP contribution is 2.29. The Bertz CT molecular complexity index is 735. The van der Waals surface area contributed by atoms with Crippen LogP contribution in [0.15, 0.2) is 66.7 Å². The van der Waals surface area contributed by atoms with Gasteiger partial charge in [-0.3, -0.25) is 4.79 Å². The molecule has 1 aliphatic carbocycles. The molecule has 150 valence electrons. The second-order valence-corrected chi connectivity index (χ2v) is 5.79. The van der Waals surface area contributed by atoms with E-state index in [4.69, 9.17) is 9.47 Å². The second kappa shape index (κ2) is 12.5. The maximum atomic E-state index is 12.3. The van der Waals surface area contributed by atoms with Crippen molar-refractivity contribution < 1.29 is 19.1 Å². The Morgan fingerprint density at radius 3 is 2.11 bits per heavy atom. The highest BCUT2D eigenvalue weighted by atomic mass is 16.6. The van der Waals surface area contributed by atoms with Gasteiger partial charge in [-0.05, 0) is 28.8 Å². The normalized spacial score (nSPS) is 17.4. The summed E-state index contributed by atoms with van der Waals surface area (Å²) in [5, 5.41) is 0. The smallest absolute Gasteiger partial charge is 0.338 e. The topological polar surface area (TPSA) is 52.6 Å². The van der Waals surface area contributed by atoms with Crippen molar-refractivity contribution in [1.82, 2.24) is 0 Å². The van der Waals surface area contributed by atoms with Gasteiger partial charge in [0.2, 0.25) is 0 Å². The van der Waals surface area contributed by atoms with E-state index in [1.807, 2.05) is 70.2 Å². The Morgan fingerprint density at radius 1 is 0.964 bits per heavy atom. The predicted octanol–water partition coefficient (Wildman–Crippen LogP) is 5.82. The third kappa shape index (κ3) is 6.38. The molecule has 0 saturated heterocycles. The number of hydrogen-bond donors (Lipinski definition) is 0. The lowest BCUT2D eigenvalue weighted by molar-refractivity contribution is -0.132. The Labute approximate surface area is 168 Å². The molecule has 3 rings (SSSR count). The van der Waals surface area contributed by atoms with E-state index in [9.17, 15) is 9.59 Å². The zero-order valence-corrected chi connectivity index (χ0v) is 17.2. The summed E-state index contributed by atoms with van der Waals surface area (Å²) in [5.41, 5.74) is 3.42. The molecular weight excluding hydrogens is 352 g/mol. The number of esters is 1. The minimum atomic E-state index is -0.376. The van der Waals surface area contributed by atoms with Crippen LogP contribution in [0.5, 0.6) is 0 Å². The molecule has 1 fully saturated rings. The fourth-order valence-corrected chi connectivity index (χ4v) is 2.87. The van der Waals surface area contributed by atoms with E-state index in [0.29, 0.717) is 24.9 Å². The average Bonchev–Trinajstić information content (AvgIpc) is 3.10. The van der Waals surface area contributed by atoms with Crippen LogP contribution in [0, 0.1) is 0 Å². The van der Waals surface area contributed by atoms with Gasteiger partial charge in [-0.1, -0.05) is 76.7 Å². The SMILES string of the molecule is C=C1C[C@@H](OC(=O)c2ccc(-c3ccccc3)cc2)C[C@H]1OC=O.CC.CC. The Balaban J connectivity index is 0.000000921. The van der Waals surface area contributed by atoms with Crippen molar-refractivity contribution in [2.24, 2.45) is 0 Å². The van der Waals surface area contributed by atoms with Crippen molar-refractivity contribution in [2.75, 3.05) is 0 Å². The van der Waals surface area contributed by atoms with Crippen LogP contribution in [0.3, 0.4) is 0 Å². The van der Waals surface area contributed by atoms with Crippen LogP contribution < -0.4 is 0 Å². The molecule has 2 aromatic carbocycles. The lowest BCUT2D eigenvalue weighted by atomic mass is 10.0. The molecule has 2 aromatic rings. The largest absolute Gasteiger partial charge is 0.460 e.